The minimum atomic E-state index is 0.895. The Morgan fingerprint density at radius 1 is 0.595 bits per heavy atom. The van der Waals surface area contributed by atoms with Crippen molar-refractivity contribution >= 4 is 11.4 Å². The van der Waals surface area contributed by atoms with Crippen LogP contribution in [0, 0.1) is 0 Å². The van der Waals surface area contributed by atoms with Gasteiger partial charge in [-0.1, -0.05) is 91.9 Å². The van der Waals surface area contributed by atoms with Crippen molar-refractivity contribution < 1.29 is 4.74 Å². The fraction of sp³-hybridized carbons (Fsp3) is 0.806. The summed E-state index contributed by atoms with van der Waals surface area (Å²) in [5, 5.41) is 4.68. The molecule has 0 spiro atoms. The zero-order chi connectivity index (χ0) is 26.7. The van der Waals surface area contributed by atoms with Crippen molar-refractivity contribution in [3.8, 4) is 5.75 Å². The number of fused-ring (bicyclic) bond motifs is 1. The minimum absolute atomic E-state index is 0.895. The average Bonchev–Trinajstić information content (AvgIpc) is 3.24. The van der Waals surface area contributed by atoms with E-state index in [1.807, 2.05) is 0 Å². The molecule has 1 aliphatic rings. The van der Waals surface area contributed by atoms with Gasteiger partial charge in [0.2, 0.25) is 0 Å². The van der Waals surface area contributed by atoms with Crippen LogP contribution in [0.5, 0.6) is 5.75 Å². The van der Waals surface area contributed by atoms with Gasteiger partial charge in [0.05, 0.1) is 31.8 Å². The third kappa shape index (κ3) is 11.8. The fourth-order valence-electron chi connectivity index (χ4n) is 5.31. The molecule has 2 rings (SSSR count). The van der Waals surface area contributed by atoms with Gasteiger partial charge < -0.3 is 4.74 Å². The standard InChI is InChI=1S/C31H59N5O/c1-6-10-12-14-16-18-24-34(25-19-17-15-13-11-7-2)28-36-31-26-29(37-5)20-21-30(31)35(32-36)27-33(22-8-3)23-9-4/h20-21,26,32H,6-19,22-25,27-28H2,1-5H3. The first-order chi connectivity index (χ1) is 18.2. The van der Waals surface area contributed by atoms with Gasteiger partial charge in [0, 0.05) is 6.07 Å². The number of unbranched alkanes of at least 4 members (excludes halogenated alkanes) is 10. The molecule has 0 fully saturated rings. The van der Waals surface area contributed by atoms with Gasteiger partial charge in [0.1, 0.15) is 5.75 Å². The maximum absolute atomic E-state index is 5.61. The van der Waals surface area contributed by atoms with Crippen molar-refractivity contribution in [2.24, 2.45) is 0 Å². The van der Waals surface area contributed by atoms with Crippen molar-refractivity contribution in [3.63, 3.8) is 0 Å². The third-order valence-corrected chi connectivity index (χ3v) is 7.42. The first kappa shape index (κ1) is 31.7. The summed E-state index contributed by atoms with van der Waals surface area (Å²) >= 11 is 0. The Morgan fingerprint density at radius 3 is 1.59 bits per heavy atom. The molecule has 6 heteroatoms. The number of rotatable bonds is 23. The Bertz CT molecular complexity index is 678. The molecule has 6 nitrogen and oxygen atoms in total. The van der Waals surface area contributed by atoms with Crippen LogP contribution in [-0.4, -0.2) is 56.4 Å². The highest BCUT2D eigenvalue weighted by Gasteiger charge is 2.28. The molecule has 0 radical (unpaired) electrons. The predicted molar refractivity (Wildman–Crippen MR) is 161 cm³/mol. The Kier molecular flexibility index (Phi) is 16.8. The second-order valence-electron chi connectivity index (χ2n) is 10.9. The Balaban J connectivity index is 2.05. The monoisotopic (exact) mass is 517 g/mol. The van der Waals surface area contributed by atoms with Crippen molar-refractivity contribution in [2.45, 2.75) is 118 Å². The number of benzene rings is 1. The first-order valence-corrected chi connectivity index (χ1v) is 15.6. The summed E-state index contributed by atoms with van der Waals surface area (Å²) in [5.41, 5.74) is 6.22. The van der Waals surface area contributed by atoms with Gasteiger partial charge in [-0.2, -0.15) is 0 Å². The number of methoxy groups -OCH3 is 1. The molecule has 0 saturated heterocycles. The lowest BCUT2D eigenvalue weighted by Crippen LogP contribution is -2.52. The molecule has 1 aromatic carbocycles. The van der Waals surface area contributed by atoms with Crippen LogP contribution in [0.15, 0.2) is 18.2 Å². The molecular weight excluding hydrogens is 458 g/mol. The van der Waals surface area contributed by atoms with Gasteiger partial charge in [0.25, 0.3) is 0 Å². The highest BCUT2D eigenvalue weighted by Crippen LogP contribution is 2.36. The molecular formula is C31H59N5O. The van der Waals surface area contributed by atoms with Crippen LogP contribution in [0.3, 0.4) is 0 Å². The molecule has 1 N–H and O–H groups in total. The summed E-state index contributed by atoms with van der Waals surface area (Å²) in [4.78, 5) is 5.23. The molecule has 0 aromatic heterocycles. The maximum atomic E-state index is 5.61. The van der Waals surface area contributed by atoms with Crippen LogP contribution in [0.2, 0.25) is 0 Å². The predicted octanol–water partition coefficient (Wildman–Crippen LogP) is 7.80. The van der Waals surface area contributed by atoms with E-state index in [1.54, 1.807) is 7.11 Å². The highest BCUT2D eigenvalue weighted by atomic mass is 16.5. The molecule has 0 bridgehead atoms. The van der Waals surface area contributed by atoms with E-state index < -0.39 is 0 Å². The van der Waals surface area contributed by atoms with E-state index in [2.05, 4.69) is 71.2 Å². The molecule has 1 aliphatic heterocycles. The van der Waals surface area contributed by atoms with Crippen LogP contribution in [0.25, 0.3) is 0 Å². The lowest BCUT2D eigenvalue weighted by molar-refractivity contribution is 0.239. The summed E-state index contributed by atoms with van der Waals surface area (Å²) in [6.07, 6.45) is 18.5. The third-order valence-electron chi connectivity index (χ3n) is 7.42. The topological polar surface area (TPSA) is 34.2 Å². The summed E-state index contributed by atoms with van der Waals surface area (Å²) in [7, 11) is 1.76. The summed E-state index contributed by atoms with van der Waals surface area (Å²) in [6, 6.07) is 6.49. The van der Waals surface area contributed by atoms with Gasteiger partial charge in [-0.05, 0) is 64.0 Å². The molecule has 214 valence electrons. The number of nitrogens with zero attached hydrogens (tertiary/aromatic N) is 4. The zero-order valence-corrected chi connectivity index (χ0v) is 25.1. The molecule has 0 aliphatic carbocycles. The van der Waals surface area contributed by atoms with Crippen LogP contribution in [0.1, 0.15) is 118 Å². The highest BCUT2D eigenvalue weighted by molar-refractivity contribution is 5.76. The van der Waals surface area contributed by atoms with Crippen molar-refractivity contribution in [1.29, 1.82) is 0 Å². The smallest absolute Gasteiger partial charge is 0.121 e. The van der Waals surface area contributed by atoms with E-state index in [0.29, 0.717) is 0 Å². The molecule has 0 saturated carbocycles. The zero-order valence-electron chi connectivity index (χ0n) is 25.1. The largest absolute Gasteiger partial charge is 0.497 e. The van der Waals surface area contributed by atoms with Gasteiger partial charge in [-0.3, -0.25) is 19.8 Å². The average molecular weight is 518 g/mol. The number of hydrazine groups is 2. The Hall–Kier alpha value is -1.50. The van der Waals surface area contributed by atoms with E-state index >= 15 is 0 Å². The van der Waals surface area contributed by atoms with Gasteiger partial charge in [0.15, 0.2) is 0 Å². The first-order valence-electron chi connectivity index (χ1n) is 15.6. The molecule has 0 atom stereocenters. The van der Waals surface area contributed by atoms with Crippen LogP contribution < -0.4 is 20.3 Å². The van der Waals surface area contributed by atoms with E-state index in [4.69, 9.17) is 4.74 Å². The maximum Gasteiger partial charge on any atom is 0.121 e. The van der Waals surface area contributed by atoms with Crippen LogP contribution in [-0.2, 0) is 0 Å². The van der Waals surface area contributed by atoms with E-state index in [0.717, 1.165) is 32.2 Å². The Labute approximate surface area is 229 Å². The van der Waals surface area contributed by atoms with Crippen LogP contribution >= 0.6 is 0 Å². The van der Waals surface area contributed by atoms with Crippen molar-refractivity contribution in [3.05, 3.63) is 18.2 Å². The van der Waals surface area contributed by atoms with E-state index in [1.165, 1.54) is 114 Å². The second kappa shape index (κ2) is 19.6. The molecule has 0 amide bonds. The van der Waals surface area contributed by atoms with Crippen molar-refractivity contribution in [1.82, 2.24) is 15.3 Å². The lowest BCUT2D eigenvalue weighted by Gasteiger charge is -2.32. The number of hydrogen-bond donors (Lipinski definition) is 1. The Morgan fingerprint density at radius 2 is 1.08 bits per heavy atom. The number of anilines is 2. The number of hydrogen-bond acceptors (Lipinski definition) is 6. The lowest BCUT2D eigenvalue weighted by atomic mass is 10.1. The van der Waals surface area contributed by atoms with Gasteiger partial charge in [-0.15, -0.1) is 5.53 Å². The van der Waals surface area contributed by atoms with E-state index in [9.17, 15) is 0 Å². The molecule has 0 unspecified atom stereocenters. The van der Waals surface area contributed by atoms with Gasteiger partial charge in [-0.25, -0.2) is 0 Å². The summed E-state index contributed by atoms with van der Waals surface area (Å²) in [6.45, 7) is 15.5. The summed E-state index contributed by atoms with van der Waals surface area (Å²) < 4.78 is 5.61. The quantitative estimate of drug-likeness (QED) is 0.149. The SMILES string of the molecule is CCCCCCCCN(CCCCCCCC)CN1NN(CN(CCC)CCC)c2ccc(OC)cc21. The van der Waals surface area contributed by atoms with Gasteiger partial charge >= 0.3 is 0 Å². The summed E-state index contributed by atoms with van der Waals surface area (Å²) in [5.74, 6) is 0.921. The fourth-order valence-corrected chi connectivity index (χ4v) is 5.31. The number of nitrogens with one attached hydrogen (secondary N) is 1. The number of ether oxygens (including phenoxy) is 1. The van der Waals surface area contributed by atoms with E-state index in [-0.39, 0.29) is 0 Å². The second-order valence-corrected chi connectivity index (χ2v) is 10.9. The molecule has 1 heterocycles. The van der Waals surface area contributed by atoms with Crippen LogP contribution in [0.4, 0.5) is 11.4 Å². The molecule has 37 heavy (non-hydrogen) atoms. The molecule has 1 aromatic rings. The van der Waals surface area contributed by atoms with Crippen molar-refractivity contribution in [2.75, 3.05) is 56.6 Å². The minimum Gasteiger partial charge on any atom is -0.497 e. The normalized spacial score (nSPS) is 13.3.